The molecule has 3 amide bonds. The maximum Gasteiger partial charge on any atom is 0.409 e. The number of fused-ring (bicyclic) bond motifs is 1. The normalized spacial score (nSPS) is 14.0. The topological polar surface area (TPSA) is 72.9 Å². The fraction of sp³-hybridized carbons (Fsp3) is 0.120. The van der Waals surface area contributed by atoms with Crippen LogP contribution in [0.4, 0.5) is 15.3 Å². The molecule has 0 saturated carbocycles. The molecule has 0 fully saturated rings. The highest BCUT2D eigenvalue weighted by Gasteiger charge is 2.36. The largest absolute Gasteiger partial charge is 0.465 e. The van der Waals surface area contributed by atoms with Gasteiger partial charge in [-0.1, -0.05) is 72.3 Å². The average molecular weight is 448 g/mol. The summed E-state index contributed by atoms with van der Waals surface area (Å²) in [6, 6.07) is 23.6. The minimum atomic E-state index is -1.12. The summed E-state index contributed by atoms with van der Waals surface area (Å²) in [5.74, 6) is 0. The lowest BCUT2D eigenvalue weighted by atomic mass is 9.96. The predicted octanol–water partition coefficient (Wildman–Crippen LogP) is 5.96. The number of carbonyl (C=O) groups excluding carboxylic acids is 1. The van der Waals surface area contributed by atoms with Crippen molar-refractivity contribution in [2.45, 2.75) is 13.1 Å². The fourth-order valence-corrected chi connectivity index (χ4v) is 4.10. The van der Waals surface area contributed by atoms with Crippen molar-refractivity contribution in [2.24, 2.45) is 0 Å². The Morgan fingerprint density at radius 2 is 1.72 bits per heavy atom. The van der Waals surface area contributed by atoms with E-state index in [1.807, 2.05) is 60.7 Å². The van der Waals surface area contributed by atoms with Gasteiger partial charge in [-0.3, -0.25) is 9.80 Å². The standard InChI is InChI=1S/C25H22ClN3O3/c1-2-28(25(31)32)23(18-11-7-4-8-12-18)29-22-14-13-19(26)15-20(22)21(16-27-24(29)30)17-9-5-3-6-10-17/h3-16,23H,2H2,1H3,(H,27,30)(H,31,32). The molecule has 1 atom stereocenters. The van der Waals surface area contributed by atoms with Crippen molar-refractivity contribution in [3.05, 3.63) is 107 Å². The van der Waals surface area contributed by atoms with Gasteiger partial charge in [0.05, 0.1) is 5.69 Å². The van der Waals surface area contributed by atoms with Crippen molar-refractivity contribution in [3.63, 3.8) is 0 Å². The van der Waals surface area contributed by atoms with Gasteiger partial charge >= 0.3 is 12.1 Å². The van der Waals surface area contributed by atoms with E-state index in [2.05, 4.69) is 5.32 Å². The number of nitrogens with one attached hydrogen (secondary N) is 1. The van der Waals surface area contributed by atoms with Crippen molar-refractivity contribution in [1.82, 2.24) is 10.2 Å². The zero-order chi connectivity index (χ0) is 22.7. The lowest BCUT2D eigenvalue weighted by Gasteiger charge is -2.38. The molecule has 32 heavy (non-hydrogen) atoms. The van der Waals surface area contributed by atoms with Gasteiger partial charge in [0.25, 0.3) is 0 Å². The highest BCUT2D eigenvalue weighted by Crippen LogP contribution is 2.40. The lowest BCUT2D eigenvalue weighted by Crippen LogP contribution is -2.49. The van der Waals surface area contributed by atoms with Crippen LogP contribution in [0.2, 0.25) is 5.02 Å². The predicted molar refractivity (Wildman–Crippen MR) is 126 cm³/mol. The van der Waals surface area contributed by atoms with E-state index in [0.717, 1.165) is 16.7 Å². The second kappa shape index (κ2) is 9.16. The molecule has 1 aliphatic rings. The first-order chi connectivity index (χ1) is 15.5. The van der Waals surface area contributed by atoms with Crippen LogP contribution >= 0.6 is 11.6 Å². The molecule has 3 aromatic carbocycles. The van der Waals surface area contributed by atoms with Gasteiger partial charge in [-0.05, 0) is 36.2 Å². The molecule has 1 aliphatic heterocycles. The van der Waals surface area contributed by atoms with Crippen LogP contribution < -0.4 is 10.2 Å². The molecule has 0 aliphatic carbocycles. The second-order valence-corrected chi connectivity index (χ2v) is 7.69. The number of amides is 3. The van der Waals surface area contributed by atoms with E-state index in [1.54, 1.807) is 31.3 Å². The smallest absolute Gasteiger partial charge is 0.409 e. The molecule has 0 saturated heterocycles. The summed E-state index contributed by atoms with van der Waals surface area (Å²) < 4.78 is 0. The molecule has 162 valence electrons. The Bertz CT molecular complexity index is 1170. The number of rotatable bonds is 5. The SMILES string of the molecule is CCN(C(=O)O)C(c1ccccc1)N1C(=O)NC=C(c2ccccc2)c2cc(Cl)ccc21. The molecule has 1 unspecified atom stereocenters. The van der Waals surface area contributed by atoms with E-state index in [4.69, 9.17) is 11.6 Å². The van der Waals surface area contributed by atoms with Gasteiger partial charge in [-0.2, -0.15) is 0 Å². The highest BCUT2D eigenvalue weighted by molar-refractivity contribution is 6.31. The minimum absolute atomic E-state index is 0.195. The maximum atomic E-state index is 13.4. The Kier molecular flexibility index (Phi) is 6.14. The molecule has 0 bridgehead atoms. The van der Waals surface area contributed by atoms with E-state index < -0.39 is 18.3 Å². The van der Waals surface area contributed by atoms with Crippen LogP contribution in [-0.4, -0.2) is 28.7 Å². The zero-order valence-corrected chi connectivity index (χ0v) is 18.2. The van der Waals surface area contributed by atoms with Gasteiger partial charge in [0.15, 0.2) is 0 Å². The van der Waals surface area contributed by atoms with Crippen LogP contribution in [0.1, 0.15) is 29.8 Å². The first kappa shape index (κ1) is 21.5. The highest BCUT2D eigenvalue weighted by atomic mass is 35.5. The minimum Gasteiger partial charge on any atom is -0.465 e. The third-order valence-electron chi connectivity index (χ3n) is 5.38. The fourth-order valence-electron chi connectivity index (χ4n) is 3.93. The number of halogens is 1. The summed E-state index contributed by atoms with van der Waals surface area (Å²) in [4.78, 5) is 28.3. The van der Waals surface area contributed by atoms with Crippen LogP contribution in [0.15, 0.2) is 85.1 Å². The monoisotopic (exact) mass is 447 g/mol. The molecule has 0 radical (unpaired) electrons. The van der Waals surface area contributed by atoms with Gasteiger partial charge in [-0.15, -0.1) is 0 Å². The molecular weight excluding hydrogens is 426 g/mol. The number of anilines is 1. The van der Waals surface area contributed by atoms with Crippen molar-refractivity contribution >= 4 is 35.0 Å². The van der Waals surface area contributed by atoms with E-state index in [1.165, 1.54) is 9.80 Å². The van der Waals surface area contributed by atoms with E-state index in [0.29, 0.717) is 16.3 Å². The van der Waals surface area contributed by atoms with Crippen molar-refractivity contribution < 1.29 is 14.7 Å². The lowest BCUT2D eigenvalue weighted by molar-refractivity contribution is 0.126. The number of carboxylic acid groups (broad SMARTS) is 1. The van der Waals surface area contributed by atoms with Gasteiger partial charge in [0.2, 0.25) is 0 Å². The summed E-state index contributed by atoms with van der Waals surface area (Å²) >= 11 is 6.35. The summed E-state index contributed by atoms with van der Waals surface area (Å²) in [6.45, 7) is 1.94. The average Bonchev–Trinajstić information content (AvgIpc) is 2.94. The Hall–Kier alpha value is -3.77. The number of carbonyl (C=O) groups is 2. The van der Waals surface area contributed by atoms with E-state index in [9.17, 15) is 14.7 Å². The Morgan fingerprint density at radius 3 is 2.34 bits per heavy atom. The quantitative estimate of drug-likeness (QED) is 0.507. The van der Waals surface area contributed by atoms with Crippen LogP contribution in [-0.2, 0) is 0 Å². The van der Waals surface area contributed by atoms with Crippen LogP contribution in [0, 0.1) is 0 Å². The molecule has 4 rings (SSSR count). The number of nitrogens with zero attached hydrogens (tertiary/aromatic N) is 2. The van der Waals surface area contributed by atoms with E-state index >= 15 is 0 Å². The molecule has 0 aromatic heterocycles. The second-order valence-electron chi connectivity index (χ2n) is 7.26. The summed E-state index contributed by atoms with van der Waals surface area (Å²) in [5, 5.41) is 13.3. The Labute approximate surface area is 191 Å². The summed E-state index contributed by atoms with van der Waals surface area (Å²) in [7, 11) is 0. The van der Waals surface area contributed by atoms with Crippen molar-refractivity contribution in [1.29, 1.82) is 0 Å². The van der Waals surface area contributed by atoms with E-state index in [-0.39, 0.29) is 6.54 Å². The first-order valence-electron chi connectivity index (χ1n) is 10.2. The molecule has 3 aromatic rings. The molecular formula is C25H22ClN3O3. The number of benzene rings is 3. The Balaban J connectivity index is 1.94. The summed E-state index contributed by atoms with van der Waals surface area (Å²) in [5.41, 5.74) is 3.65. The van der Waals surface area contributed by atoms with Crippen molar-refractivity contribution in [3.8, 4) is 0 Å². The summed E-state index contributed by atoms with van der Waals surface area (Å²) in [6.07, 6.45) is -0.348. The zero-order valence-electron chi connectivity index (χ0n) is 17.4. The number of hydrogen-bond acceptors (Lipinski definition) is 2. The third-order valence-corrected chi connectivity index (χ3v) is 5.61. The number of hydrogen-bond donors (Lipinski definition) is 2. The van der Waals surface area contributed by atoms with Crippen LogP contribution in [0.5, 0.6) is 0 Å². The first-order valence-corrected chi connectivity index (χ1v) is 10.6. The molecule has 2 N–H and O–H groups in total. The molecule has 7 heteroatoms. The van der Waals surface area contributed by atoms with Crippen LogP contribution in [0.25, 0.3) is 5.57 Å². The van der Waals surface area contributed by atoms with Gasteiger partial charge < -0.3 is 10.4 Å². The van der Waals surface area contributed by atoms with Crippen molar-refractivity contribution in [2.75, 3.05) is 11.4 Å². The van der Waals surface area contributed by atoms with Gasteiger partial charge in [-0.25, -0.2) is 9.59 Å². The third kappa shape index (κ3) is 4.05. The Morgan fingerprint density at radius 1 is 1.06 bits per heavy atom. The van der Waals surface area contributed by atoms with Gasteiger partial charge in [0.1, 0.15) is 6.17 Å². The molecule has 0 spiro atoms. The molecule has 1 heterocycles. The maximum absolute atomic E-state index is 13.4. The van der Waals surface area contributed by atoms with Crippen LogP contribution in [0.3, 0.4) is 0 Å². The molecule has 6 nitrogen and oxygen atoms in total. The number of urea groups is 1. The van der Waals surface area contributed by atoms with Gasteiger partial charge in [0, 0.05) is 28.9 Å².